The number of nitrogens with one attached hydrogen (secondary N) is 3. The van der Waals surface area contributed by atoms with E-state index in [0.29, 0.717) is 31.0 Å². The number of carbonyl (C=O) groups is 2. The van der Waals surface area contributed by atoms with E-state index in [9.17, 15) is 22.8 Å². The summed E-state index contributed by atoms with van der Waals surface area (Å²) in [6.45, 7) is 1.40. The number of aromatic amines is 1. The molecule has 0 aliphatic rings. The van der Waals surface area contributed by atoms with Crippen LogP contribution >= 0.6 is 0 Å². The standard InChI is InChI=1S/C23H28N8O3.C2HF3O2/c1-30-14-17(11-28-30)20-13-27-22(25-6-3-4-8-34-2)23(33)31(20)15-21(32)26-12-18-9-16-10-24-7-5-19(16)29-18;3-2(4,5)1(6)7/h5,7,9-11,13-14,29H,3-4,6,8,12,15H2,1-2H3,(H,25,27)(H,26,32);(H,6,7). The maximum Gasteiger partial charge on any atom is 0.490 e. The van der Waals surface area contributed by atoms with Crippen LogP contribution in [0.4, 0.5) is 19.0 Å². The number of aromatic nitrogens is 6. The van der Waals surface area contributed by atoms with Crippen LogP contribution in [-0.4, -0.2) is 72.7 Å². The molecule has 0 aliphatic carbocycles. The van der Waals surface area contributed by atoms with Crippen molar-refractivity contribution < 1.29 is 32.6 Å². The summed E-state index contributed by atoms with van der Waals surface area (Å²) in [7, 11) is 3.45. The number of H-pyrrole nitrogens is 1. The fourth-order valence-electron chi connectivity index (χ4n) is 3.65. The van der Waals surface area contributed by atoms with Gasteiger partial charge in [0.05, 0.1) is 24.6 Å². The zero-order chi connectivity index (χ0) is 30.0. The van der Waals surface area contributed by atoms with E-state index in [4.69, 9.17) is 14.6 Å². The van der Waals surface area contributed by atoms with E-state index < -0.39 is 12.1 Å². The molecule has 0 aliphatic heterocycles. The fraction of sp³-hybridized carbons (Fsp3) is 0.360. The van der Waals surface area contributed by atoms with Crippen molar-refractivity contribution in [2.24, 2.45) is 7.05 Å². The van der Waals surface area contributed by atoms with E-state index in [0.717, 1.165) is 29.4 Å². The minimum atomic E-state index is -5.08. The molecule has 0 spiro atoms. The van der Waals surface area contributed by atoms with Crippen molar-refractivity contribution in [2.75, 3.05) is 25.6 Å². The Balaban J connectivity index is 0.000000587. The van der Waals surface area contributed by atoms with Crippen LogP contribution in [0.5, 0.6) is 0 Å². The average Bonchev–Trinajstić information content (AvgIpc) is 3.55. The van der Waals surface area contributed by atoms with Gasteiger partial charge in [-0.2, -0.15) is 18.3 Å². The summed E-state index contributed by atoms with van der Waals surface area (Å²) in [4.78, 5) is 46.6. The monoisotopic (exact) mass is 578 g/mol. The van der Waals surface area contributed by atoms with Gasteiger partial charge in [0.1, 0.15) is 6.54 Å². The molecule has 4 rings (SSSR count). The molecule has 4 aromatic rings. The second-order valence-corrected chi connectivity index (χ2v) is 8.75. The SMILES string of the molecule is COCCCCNc1ncc(-c2cnn(C)c2)n(CC(=O)NCc2cc3cnccc3[nH]2)c1=O.O=C(O)C(F)(F)F. The molecule has 0 atom stereocenters. The Labute approximate surface area is 231 Å². The van der Waals surface area contributed by atoms with E-state index in [1.807, 2.05) is 12.1 Å². The van der Waals surface area contributed by atoms with Gasteiger partial charge < -0.3 is 25.5 Å². The van der Waals surface area contributed by atoms with Gasteiger partial charge in [-0.3, -0.25) is 23.8 Å². The Kier molecular flexibility index (Phi) is 10.6. The van der Waals surface area contributed by atoms with Gasteiger partial charge in [0.25, 0.3) is 5.56 Å². The number of hydrogen-bond donors (Lipinski definition) is 4. The molecule has 0 radical (unpaired) electrons. The summed E-state index contributed by atoms with van der Waals surface area (Å²) in [5.74, 6) is -2.84. The van der Waals surface area contributed by atoms with Crippen molar-refractivity contribution in [1.82, 2.24) is 34.6 Å². The quantitative estimate of drug-likeness (QED) is 0.195. The first-order chi connectivity index (χ1) is 19.5. The van der Waals surface area contributed by atoms with Crippen LogP contribution in [0.1, 0.15) is 18.5 Å². The number of aryl methyl sites for hydroxylation is 1. The van der Waals surface area contributed by atoms with Gasteiger partial charge in [0.2, 0.25) is 5.91 Å². The van der Waals surface area contributed by atoms with Crippen molar-refractivity contribution in [3.05, 3.63) is 59.2 Å². The van der Waals surface area contributed by atoms with E-state index in [2.05, 4.69) is 30.7 Å². The second kappa shape index (κ2) is 14.1. The van der Waals surface area contributed by atoms with E-state index in [1.165, 1.54) is 4.57 Å². The van der Waals surface area contributed by atoms with Gasteiger partial charge in [-0.25, -0.2) is 9.78 Å². The summed E-state index contributed by atoms with van der Waals surface area (Å²) in [6, 6.07) is 3.81. The van der Waals surface area contributed by atoms with E-state index in [1.54, 1.807) is 49.8 Å². The van der Waals surface area contributed by atoms with Crippen LogP contribution in [0.2, 0.25) is 0 Å². The van der Waals surface area contributed by atoms with E-state index >= 15 is 0 Å². The largest absolute Gasteiger partial charge is 0.490 e. The summed E-state index contributed by atoms with van der Waals surface area (Å²) in [5.41, 5.74) is 2.67. The van der Waals surface area contributed by atoms with Crippen LogP contribution in [0.25, 0.3) is 22.2 Å². The third-order valence-electron chi connectivity index (χ3n) is 5.62. The number of nitrogens with zero attached hydrogens (tertiary/aromatic N) is 5. The number of ether oxygens (including phenoxy) is 1. The highest BCUT2D eigenvalue weighted by atomic mass is 19.4. The number of unbranched alkanes of at least 4 members (excludes halogenated alkanes) is 1. The summed E-state index contributed by atoms with van der Waals surface area (Å²) in [6.07, 6.45) is 5.10. The van der Waals surface area contributed by atoms with Crippen LogP contribution in [0.15, 0.2) is 47.9 Å². The molecule has 13 nitrogen and oxygen atoms in total. The van der Waals surface area contributed by atoms with Crippen molar-refractivity contribution in [3.8, 4) is 11.3 Å². The Bertz CT molecular complexity index is 1500. The first kappa shape index (κ1) is 30.8. The van der Waals surface area contributed by atoms with Crippen molar-refractivity contribution in [3.63, 3.8) is 0 Å². The number of carbonyl (C=O) groups excluding carboxylic acids is 1. The van der Waals surface area contributed by atoms with Crippen molar-refractivity contribution in [1.29, 1.82) is 0 Å². The number of fused-ring (bicyclic) bond motifs is 1. The minimum absolute atomic E-state index is 0.147. The third kappa shape index (κ3) is 8.89. The third-order valence-corrected chi connectivity index (χ3v) is 5.62. The lowest BCUT2D eigenvalue weighted by atomic mass is 10.2. The van der Waals surface area contributed by atoms with Crippen LogP contribution in [-0.2, 0) is 34.5 Å². The number of methoxy groups -OCH3 is 1. The van der Waals surface area contributed by atoms with Gasteiger partial charge >= 0.3 is 12.1 Å². The zero-order valence-electron chi connectivity index (χ0n) is 22.2. The number of rotatable bonds is 11. The fourth-order valence-corrected chi connectivity index (χ4v) is 3.65. The Hall–Kier alpha value is -4.73. The normalized spacial score (nSPS) is 11.1. The van der Waals surface area contributed by atoms with Crippen molar-refractivity contribution >= 4 is 28.6 Å². The number of carboxylic acids is 1. The van der Waals surface area contributed by atoms with Crippen LogP contribution in [0.3, 0.4) is 0 Å². The highest BCUT2D eigenvalue weighted by molar-refractivity contribution is 5.80. The van der Waals surface area contributed by atoms with Crippen LogP contribution < -0.4 is 16.2 Å². The Morgan fingerprint density at radius 1 is 1.20 bits per heavy atom. The molecule has 4 aromatic heterocycles. The number of amides is 1. The van der Waals surface area contributed by atoms with Gasteiger partial charge in [-0.05, 0) is 25.0 Å². The Morgan fingerprint density at radius 2 is 1.95 bits per heavy atom. The minimum Gasteiger partial charge on any atom is -0.475 e. The molecule has 41 heavy (non-hydrogen) atoms. The number of aliphatic carboxylic acids is 1. The molecule has 16 heteroatoms. The number of hydrogen-bond acceptors (Lipinski definition) is 8. The summed E-state index contributed by atoms with van der Waals surface area (Å²) >= 11 is 0. The van der Waals surface area contributed by atoms with Gasteiger partial charge in [0.15, 0.2) is 5.82 Å². The zero-order valence-corrected chi connectivity index (χ0v) is 22.2. The first-order valence-corrected chi connectivity index (χ1v) is 12.3. The number of carboxylic acid groups (broad SMARTS) is 1. The highest BCUT2D eigenvalue weighted by Gasteiger charge is 2.38. The topological polar surface area (TPSA) is 169 Å². The molecular weight excluding hydrogens is 549 g/mol. The molecule has 0 unspecified atom stereocenters. The maximum atomic E-state index is 13.2. The molecule has 0 fully saturated rings. The summed E-state index contributed by atoms with van der Waals surface area (Å²) in [5, 5.41) is 18.2. The molecular formula is C25H29F3N8O5. The lowest BCUT2D eigenvalue weighted by Crippen LogP contribution is -2.34. The molecule has 4 heterocycles. The summed E-state index contributed by atoms with van der Waals surface area (Å²) < 4.78 is 39.8. The molecule has 220 valence electrons. The van der Waals surface area contributed by atoms with E-state index in [-0.39, 0.29) is 23.8 Å². The molecule has 0 aromatic carbocycles. The molecule has 0 saturated heterocycles. The first-order valence-electron chi connectivity index (χ1n) is 12.3. The lowest BCUT2D eigenvalue weighted by molar-refractivity contribution is -0.192. The van der Waals surface area contributed by atoms with Gasteiger partial charge in [-0.1, -0.05) is 0 Å². The lowest BCUT2D eigenvalue weighted by Gasteiger charge is -2.14. The molecule has 0 bridgehead atoms. The molecule has 1 amide bonds. The number of anilines is 1. The molecule has 0 saturated carbocycles. The number of alkyl halides is 3. The number of halogens is 3. The predicted molar refractivity (Wildman–Crippen MR) is 142 cm³/mol. The highest BCUT2D eigenvalue weighted by Crippen LogP contribution is 2.17. The smallest absolute Gasteiger partial charge is 0.475 e. The predicted octanol–water partition coefficient (Wildman–Crippen LogP) is 2.31. The molecule has 4 N–H and O–H groups in total. The van der Waals surface area contributed by atoms with Gasteiger partial charge in [0, 0.05) is 68.1 Å². The Morgan fingerprint density at radius 3 is 2.59 bits per heavy atom. The van der Waals surface area contributed by atoms with Crippen molar-refractivity contribution in [2.45, 2.75) is 32.1 Å². The van der Waals surface area contributed by atoms with Crippen LogP contribution in [0, 0.1) is 0 Å². The number of pyridine rings is 1. The van der Waals surface area contributed by atoms with Gasteiger partial charge in [-0.15, -0.1) is 0 Å². The second-order valence-electron chi connectivity index (χ2n) is 8.75. The maximum absolute atomic E-state index is 13.2. The average molecular weight is 579 g/mol.